The van der Waals surface area contributed by atoms with Crippen molar-refractivity contribution >= 4 is 11.9 Å². The molecular weight excluding hydrogens is 284 g/mol. The van der Waals surface area contributed by atoms with Crippen molar-refractivity contribution in [2.24, 2.45) is 0 Å². The van der Waals surface area contributed by atoms with Crippen LogP contribution in [0.2, 0.25) is 0 Å². The van der Waals surface area contributed by atoms with Crippen LogP contribution in [0.5, 0.6) is 5.75 Å². The largest absolute Gasteiger partial charge is 0.491 e. The standard InChI is InChI=1S/C16H24N2O4/c1-12(2)22-15(19)11-17-16(20)13-7-5-6-8-14(13)21-10-9-18(3)4/h5-8,12H,9-11H2,1-4H3,(H,17,20). The molecule has 0 aromatic heterocycles. The normalized spacial score (nSPS) is 10.6. The first-order chi connectivity index (χ1) is 10.4. The van der Waals surface area contributed by atoms with Gasteiger partial charge >= 0.3 is 5.97 Å². The van der Waals surface area contributed by atoms with Crippen molar-refractivity contribution in [3.8, 4) is 5.75 Å². The number of ether oxygens (including phenoxy) is 2. The molecule has 1 rings (SSSR count). The lowest BCUT2D eigenvalue weighted by Gasteiger charge is -2.14. The summed E-state index contributed by atoms with van der Waals surface area (Å²) in [7, 11) is 3.89. The Morgan fingerprint density at radius 3 is 2.55 bits per heavy atom. The van der Waals surface area contributed by atoms with Crippen LogP contribution >= 0.6 is 0 Å². The Kier molecular flexibility index (Phi) is 7.39. The molecule has 0 aliphatic heterocycles. The quantitative estimate of drug-likeness (QED) is 0.733. The number of hydrogen-bond donors (Lipinski definition) is 1. The monoisotopic (exact) mass is 308 g/mol. The highest BCUT2D eigenvalue weighted by Gasteiger charge is 2.14. The smallest absolute Gasteiger partial charge is 0.325 e. The minimum atomic E-state index is -0.464. The number of carbonyl (C=O) groups is 2. The van der Waals surface area contributed by atoms with Gasteiger partial charge in [0, 0.05) is 6.54 Å². The van der Waals surface area contributed by atoms with E-state index in [9.17, 15) is 9.59 Å². The molecule has 0 spiro atoms. The van der Waals surface area contributed by atoms with Crippen LogP contribution in [0, 0.1) is 0 Å². The van der Waals surface area contributed by atoms with Gasteiger partial charge in [-0.2, -0.15) is 0 Å². The van der Waals surface area contributed by atoms with Crippen LogP contribution < -0.4 is 10.1 Å². The summed E-state index contributed by atoms with van der Waals surface area (Å²) in [5, 5.41) is 2.54. The third kappa shape index (κ3) is 6.58. The molecule has 1 aromatic rings. The molecule has 0 bridgehead atoms. The van der Waals surface area contributed by atoms with Crippen molar-refractivity contribution in [3.63, 3.8) is 0 Å². The van der Waals surface area contributed by atoms with Crippen LogP contribution in [-0.2, 0) is 9.53 Å². The van der Waals surface area contributed by atoms with E-state index in [1.165, 1.54) is 0 Å². The van der Waals surface area contributed by atoms with Gasteiger partial charge in [0.2, 0.25) is 0 Å². The molecule has 6 nitrogen and oxygen atoms in total. The molecule has 0 unspecified atom stereocenters. The van der Waals surface area contributed by atoms with Gasteiger partial charge in [-0.1, -0.05) is 12.1 Å². The number of nitrogens with zero attached hydrogens (tertiary/aromatic N) is 1. The fourth-order valence-corrected chi connectivity index (χ4v) is 1.67. The van der Waals surface area contributed by atoms with E-state index in [-0.39, 0.29) is 18.6 Å². The van der Waals surface area contributed by atoms with Crippen LogP contribution in [-0.4, -0.2) is 56.7 Å². The van der Waals surface area contributed by atoms with Gasteiger partial charge in [0.25, 0.3) is 5.91 Å². The minimum absolute atomic E-state index is 0.164. The highest BCUT2D eigenvalue weighted by atomic mass is 16.5. The third-order valence-electron chi connectivity index (χ3n) is 2.69. The van der Waals surface area contributed by atoms with Gasteiger partial charge < -0.3 is 19.7 Å². The Hall–Kier alpha value is -2.08. The molecule has 1 amide bonds. The summed E-state index contributed by atoms with van der Waals surface area (Å²) >= 11 is 0. The molecule has 0 radical (unpaired) electrons. The van der Waals surface area contributed by atoms with Crippen molar-refractivity contribution < 1.29 is 19.1 Å². The van der Waals surface area contributed by atoms with Crippen LogP contribution in [0.3, 0.4) is 0 Å². The molecule has 0 aliphatic rings. The Morgan fingerprint density at radius 2 is 1.91 bits per heavy atom. The topological polar surface area (TPSA) is 67.9 Å². The molecule has 0 saturated carbocycles. The number of nitrogens with one attached hydrogen (secondary N) is 1. The van der Waals surface area contributed by atoms with Gasteiger partial charge in [0.15, 0.2) is 0 Å². The second-order valence-electron chi connectivity index (χ2n) is 5.37. The van der Waals surface area contributed by atoms with Crippen LogP contribution in [0.1, 0.15) is 24.2 Å². The minimum Gasteiger partial charge on any atom is -0.491 e. The molecule has 1 aromatic carbocycles. The van der Waals surface area contributed by atoms with E-state index >= 15 is 0 Å². The van der Waals surface area contributed by atoms with Gasteiger partial charge in [-0.15, -0.1) is 0 Å². The van der Waals surface area contributed by atoms with Crippen LogP contribution in [0.25, 0.3) is 0 Å². The van der Waals surface area contributed by atoms with Crippen molar-refractivity contribution in [1.82, 2.24) is 10.2 Å². The number of para-hydroxylation sites is 1. The van der Waals surface area contributed by atoms with E-state index in [2.05, 4.69) is 5.32 Å². The highest BCUT2D eigenvalue weighted by Crippen LogP contribution is 2.17. The van der Waals surface area contributed by atoms with E-state index in [0.29, 0.717) is 17.9 Å². The summed E-state index contributed by atoms with van der Waals surface area (Å²) in [5.74, 6) is -0.324. The molecule has 0 fully saturated rings. The molecular formula is C16H24N2O4. The van der Waals surface area contributed by atoms with E-state index in [1.807, 2.05) is 19.0 Å². The maximum Gasteiger partial charge on any atom is 0.325 e. The summed E-state index contributed by atoms with van der Waals surface area (Å²) in [4.78, 5) is 25.6. The maximum atomic E-state index is 12.1. The lowest BCUT2D eigenvalue weighted by Crippen LogP contribution is -2.32. The van der Waals surface area contributed by atoms with Crippen LogP contribution in [0.15, 0.2) is 24.3 Å². The van der Waals surface area contributed by atoms with Gasteiger partial charge in [-0.3, -0.25) is 9.59 Å². The summed E-state index contributed by atoms with van der Waals surface area (Å²) in [6, 6.07) is 6.94. The number of amides is 1. The lowest BCUT2D eigenvalue weighted by molar-refractivity contribution is -0.146. The fourth-order valence-electron chi connectivity index (χ4n) is 1.67. The van der Waals surface area contributed by atoms with Gasteiger partial charge in [0.1, 0.15) is 18.9 Å². The lowest BCUT2D eigenvalue weighted by atomic mass is 10.2. The van der Waals surface area contributed by atoms with Crippen molar-refractivity contribution in [2.75, 3.05) is 33.8 Å². The van der Waals surface area contributed by atoms with E-state index in [4.69, 9.17) is 9.47 Å². The number of esters is 1. The first kappa shape index (κ1) is 18.0. The number of hydrogen-bond acceptors (Lipinski definition) is 5. The maximum absolute atomic E-state index is 12.1. The number of likely N-dealkylation sites (N-methyl/N-ethyl adjacent to an activating group) is 1. The molecule has 6 heteroatoms. The van der Waals surface area contributed by atoms with Crippen LogP contribution in [0.4, 0.5) is 0 Å². The van der Waals surface area contributed by atoms with Crippen molar-refractivity contribution in [2.45, 2.75) is 20.0 Å². The van der Waals surface area contributed by atoms with E-state index < -0.39 is 5.97 Å². The molecule has 122 valence electrons. The van der Waals surface area contributed by atoms with E-state index in [1.54, 1.807) is 38.1 Å². The summed E-state index contributed by atoms with van der Waals surface area (Å²) in [5.41, 5.74) is 0.401. The number of benzene rings is 1. The summed E-state index contributed by atoms with van der Waals surface area (Å²) in [6.45, 7) is 4.58. The van der Waals surface area contributed by atoms with Crippen molar-refractivity contribution in [3.05, 3.63) is 29.8 Å². The second-order valence-corrected chi connectivity index (χ2v) is 5.37. The Bertz CT molecular complexity index is 501. The predicted molar refractivity (Wildman–Crippen MR) is 84.1 cm³/mol. The zero-order chi connectivity index (χ0) is 16.5. The van der Waals surface area contributed by atoms with Gasteiger partial charge in [-0.25, -0.2) is 0 Å². The average molecular weight is 308 g/mol. The molecule has 0 aliphatic carbocycles. The molecule has 0 atom stereocenters. The summed E-state index contributed by atoms with van der Waals surface area (Å²) in [6.07, 6.45) is -0.203. The first-order valence-electron chi connectivity index (χ1n) is 7.24. The zero-order valence-electron chi connectivity index (χ0n) is 13.6. The predicted octanol–water partition coefficient (Wildman–Crippen LogP) is 1.31. The average Bonchev–Trinajstić information content (AvgIpc) is 2.44. The molecule has 22 heavy (non-hydrogen) atoms. The number of rotatable bonds is 8. The Morgan fingerprint density at radius 1 is 1.23 bits per heavy atom. The second kappa shape index (κ2) is 9.04. The summed E-state index contributed by atoms with van der Waals surface area (Å²) < 4.78 is 10.6. The van der Waals surface area contributed by atoms with Crippen molar-refractivity contribution in [1.29, 1.82) is 0 Å². The number of carbonyl (C=O) groups excluding carboxylic acids is 2. The first-order valence-corrected chi connectivity index (χ1v) is 7.24. The SMILES string of the molecule is CC(C)OC(=O)CNC(=O)c1ccccc1OCCN(C)C. The highest BCUT2D eigenvalue weighted by molar-refractivity contribution is 5.98. The zero-order valence-corrected chi connectivity index (χ0v) is 13.6. The fraction of sp³-hybridized carbons (Fsp3) is 0.500. The third-order valence-corrected chi connectivity index (χ3v) is 2.69. The van der Waals surface area contributed by atoms with Gasteiger partial charge in [-0.05, 0) is 40.1 Å². The Labute approximate surface area is 131 Å². The molecule has 0 saturated heterocycles. The molecule has 1 N–H and O–H groups in total. The Balaban J connectivity index is 2.59. The van der Waals surface area contributed by atoms with Gasteiger partial charge in [0.05, 0.1) is 11.7 Å². The van der Waals surface area contributed by atoms with E-state index in [0.717, 1.165) is 6.54 Å². The molecule has 0 heterocycles.